The lowest BCUT2D eigenvalue weighted by molar-refractivity contribution is -0.0333. The molecule has 0 spiro atoms. The van der Waals surface area contributed by atoms with E-state index in [1.54, 1.807) is 18.0 Å². The van der Waals surface area contributed by atoms with E-state index in [-0.39, 0.29) is 17.5 Å². The second-order valence-corrected chi connectivity index (χ2v) is 16.9. The molecule has 61 heavy (non-hydrogen) atoms. The van der Waals surface area contributed by atoms with Crippen LogP contribution in [0.1, 0.15) is 75.2 Å². The van der Waals surface area contributed by atoms with Crippen molar-refractivity contribution in [3.05, 3.63) is 90.5 Å². The number of hydrogen-bond donors (Lipinski definition) is 2. The molecule has 13 nitrogen and oxygen atoms in total. The third-order valence-corrected chi connectivity index (χ3v) is 10.9. The molecule has 6 rings (SSSR count). The Hall–Kier alpha value is -5.08. The van der Waals surface area contributed by atoms with Crippen LogP contribution in [0.25, 0.3) is 0 Å². The van der Waals surface area contributed by atoms with Crippen molar-refractivity contribution in [2.45, 2.75) is 92.8 Å². The van der Waals surface area contributed by atoms with Gasteiger partial charge in [-0.2, -0.15) is 0 Å². The number of carbonyl (C=O) groups excluding carboxylic acids is 1. The smallest absolute Gasteiger partial charge is 0.415 e. The van der Waals surface area contributed by atoms with Crippen molar-refractivity contribution < 1.29 is 23.4 Å². The van der Waals surface area contributed by atoms with Gasteiger partial charge in [-0.15, -0.1) is 0 Å². The van der Waals surface area contributed by atoms with Gasteiger partial charge in [0, 0.05) is 93.3 Å². The molecule has 0 bridgehead atoms. The van der Waals surface area contributed by atoms with Crippen LogP contribution in [-0.2, 0) is 14.2 Å². The lowest BCUT2D eigenvalue weighted by Crippen LogP contribution is -2.45. The second-order valence-electron chi connectivity index (χ2n) is 16.9. The zero-order chi connectivity index (χ0) is 44.9. The summed E-state index contributed by atoms with van der Waals surface area (Å²) in [4.78, 5) is 32.2. The fraction of sp³-hybridized carbons (Fsp3) is 0.553. The average Bonchev–Trinajstić information content (AvgIpc) is 3.49. The van der Waals surface area contributed by atoms with Crippen LogP contribution in [0.2, 0.25) is 0 Å². The predicted octanol–water partition coefficient (Wildman–Crippen LogP) is 8.60. The van der Waals surface area contributed by atoms with Gasteiger partial charge in [0.15, 0.2) is 5.88 Å². The van der Waals surface area contributed by atoms with E-state index in [1.165, 1.54) is 0 Å². The number of hydrogen-bond acceptors (Lipinski definition) is 12. The number of aromatic nitrogens is 1. The van der Waals surface area contributed by atoms with Gasteiger partial charge in [0.1, 0.15) is 23.3 Å². The molecule has 0 radical (unpaired) electrons. The van der Waals surface area contributed by atoms with Crippen molar-refractivity contribution >= 4 is 35.3 Å². The summed E-state index contributed by atoms with van der Waals surface area (Å²) in [6.45, 7) is 32.2. The number of nitrogens with one attached hydrogen (secondary N) is 2. The van der Waals surface area contributed by atoms with Crippen molar-refractivity contribution in [1.29, 1.82) is 0 Å². The van der Waals surface area contributed by atoms with Gasteiger partial charge in [-0.05, 0) is 91.6 Å². The molecular weight excluding hydrogens is 774 g/mol. The summed E-state index contributed by atoms with van der Waals surface area (Å²) in [6, 6.07) is 11.4. The monoisotopic (exact) mass is 846 g/mol. The Morgan fingerprint density at radius 3 is 2.34 bits per heavy atom. The molecule has 2 N–H and O–H groups in total. The van der Waals surface area contributed by atoms with Crippen molar-refractivity contribution in [2.24, 2.45) is 10.4 Å². The van der Waals surface area contributed by atoms with Crippen LogP contribution in [0.15, 0.2) is 89.7 Å². The minimum absolute atomic E-state index is 0.0313. The highest BCUT2D eigenvalue weighted by Gasteiger charge is 2.43. The summed E-state index contributed by atoms with van der Waals surface area (Å²) < 4.78 is 32.2. The number of nitrogens with zero attached hydrogens (tertiary/aromatic N) is 7. The maximum absolute atomic E-state index is 15.2. The van der Waals surface area contributed by atoms with Gasteiger partial charge in [-0.1, -0.05) is 39.5 Å². The van der Waals surface area contributed by atoms with E-state index >= 15 is 4.39 Å². The van der Waals surface area contributed by atoms with Crippen LogP contribution < -0.4 is 25.3 Å². The number of ether oxygens (including phenoxy) is 3. The van der Waals surface area contributed by atoms with E-state index in [0.29, 0.717) is 61.4 Å². The topological polar surface area (TPSA) is 110 Å². The molecule has 1 amide bonds. The molecule has 0 aliphatic carbocycles. The van der Waals surface area contributed by atoms with Crippen LogP contribution in [-0.4, -0.2) is 118 Å². The van der Waals surface area contributed by atoms with Gasteiger partial charge < -0.3 is 44.4 Å². The number of allylic oxidation sites excluding steroid dienone is 2. The van der Waals surface area contributed by atoms with Crippen molar-refractivity contribution in [3.8, 4) is 0 Å². The van der Waals surface area contributed by atoms with E-state index in [0.717, 1.165) is 62.7 Å². The lowest BCUT2D eigenvalue weighted by atomic mass is 9.85. The first-order valence-corrected chi connectivity index (χ1v) is 21.7. The Balaban J connectivity index is 0.000000464. The van der Waals surface area contributed by atoms with E-state index in [2.05, 4.69) is 64.4 Å². The number of anilines is 4. The van der Waals surface area contributed by atoms with E-state index < -0.39 is 11.5 Å². The fourth-order valence-corrected chi connectivity index (χ4v) is 7.55. The summed E-state index contributed by atoms with van der Waals surface area (Å²) in [5, 5.41) is 6.89. The first-order chi connectivity index (χ1) is 29.0. The number of pyridine rings is 1. The number of rotatable bonds is 12. The van der Waals surface area contributed by atoms with Crippen LogP contribution in [0.4, 0.5) is 32.2 Å². The number of cyclic esters (lactones) is 1. The Labute approximate surface area is 365 Å². The molecule has 1 aromatic heterocycles. The maximum Gasteiger partial charge on any atom is 0.415 e. The molecule has 1 aromatic carbocycles. The largest absolute Gasteiger partial charge is 0.479 e. The average molecular weight is 846 g/mol. The van der Waals surface area contributed by atoms with Crippen LogP contribution >= 0.6 is 0 Å². The number of likely N-dealkylation sites (N-methyl/N-ethyl adjacent to an activating group) is 1. The number of carbonyl (C=O) groups is 1. The highest BCUT2D eigenvalue weighted by atomic mass is 19.1. The summed E-state index contributed by atoms with van der Waals surface area (Å²) in [5.74, 6) is 2.49. The lowest BCUT2D eigenvalue weighted by Gasteiger charge is -2.36. The Kier molecular flexibility index (Phi) is 17.6. The molecule has 3 atom stereocenters. The van der Waals surface area contributed by atoms with Crippen molar-refractivity contribution in [1.82, 2.24) is 20.1 Å². The molecule has 2 unspecified atom stereocenters. The summed E-state index contributed by atoms with van der Waals surface area (Å²) in [6.07, 6.45) is 7.17. The molecule has 5 heterocycles. The molecule has 2 aromatic rings. The predicted molar refractivity (Wildman–Crippen MR) is 249 cm³/mol. The van der Waals surface area contributed by atoms with Crippen molar-refractivity contribution in [2.75, 3.05) is 93.3 Å². The minimum Gasteiger partial charge on any atom is -0.479 e. The molecule has 336 valence electrons. The van der Waals surface area contributed by atoms with Gasteiger partial charge >= 0.3 is 6.09 Å². The Morgan fingerprint density at radius 2 is 1.72 bits per heavy atom. The molecule has 3 fully saturated rings. The zero-order valence-corrected chi connectivity index (χ0v) is 38.7. The highest BCUT2D eigenvalue weighted by Crippen LogP contribution is 2.41. The molecule has 4 aliphatic rings. The van der Waals surface area contributed by atoms with Gasteiger partial charge in [0.05, 0.1) is 37.8 Å². The molecule has 3 saturated heterocycles. The van der Waals surface area contributed by atoms with Gasteiger partial charge in [0.2, 0.25) is 0 Å². The SMILES string of the molecule is C=C(/C=C\C)N1C(=C)OCC[C@@H]1C.CC.CN=CC1=C(NCNc2ccc(N3CCN(C)CC3)c(F)c2)N(c2cccc(N3C(=O)OCCC3C)n2)CC1(C)COC(C)(C)C. The maximum atomic E-state index is 15.2. The number of piperazine rings is 1. The molecular formula is C47H72FN9O4. The summed E-state index contributed by atoms with van der Waals surface area (Å²) in [5.41, 5.74) is 2.46. The van der Waals surface area contributed by atoms with Crippen molar-refractivity contribution in [3.63, 3.8) is 0 Å². The second kappa shape index (κ2) is 22.1. The Morgan fingerprint density at radius 1 is 1.05 bits per heavy atom. The molecule has 4 aliphatic heterocycles. The normalized spacial score (nSPS) is 22.4. The van der Waals surface area contributed by atoms with Gasteiger partial charge in [0.25, 0.3) is 0 Å². The van der Waals surface area contributed by atoms with Crippen LogP contribution in [0, 0.1) is 11.2 Å². The molecule has 14 heteroatoms. The third kappa shape index (κ3) is 12.7. The first-order valence-electron chi connectivity index (χ1n) is 21.7. The first kappa shape index (κ1) is 48.6. The van der Waals surface area contributed by atoms with Crippen LogP contribution in [0.5, 0.6) is 0 Å². The fourth-order valence-electron chi connectivity index (χ4n) is 7.55. The Bertz CT molecular complexity index is 1890. The van der Waals surface area contributed by atoms with E-state index in [9.17, 15) is 4.79 Å². The van der Waals surface area contributed by atoms with Gasteiger partial charge in [-0.3, -0.25) is 9.89 Å². The standard InChI is InChI=1S/C34H49FN8O3.C11H17NO.C2H6/c1-24-13-18-45-32(44)43(24)30-10-8-9-29(39-30)42-21-34(5,22-46-33(2,3)4)26(20-36-6)31(42)38-23-37-25-11-12-28(27(35)19-25)41-16-14-40(7)15-17-41;1-5-6-9(2)12-10(3)7-8-13-11(12)4;1-2/h8-12,19-20,24,37-38H,13-18,21-23H2,1-7H3;5-6,10H,2,4,7-8H2,1,3H3;1-2H3/b;6-5-;/t;10-;/m.0./s1. The zero-order valence-electron chi connectivity index (χ0n) is 38.7. The van der Waals surface area contributed by atoms with E-state index in [1.807, 2.05) is 102 Å². The highest BCUT2D eigenvalue weighted by molar-refractivity contribution is 5.88. The number of benzene rings is 1. The van der Waals surface area contributed by atoms with Crippen LogP contribution in [0.3, 0.4) is 0 Å². The summed E-state index contributed by atoms with van der Waals surface area (Å²) >= 11 is 0. The number of aliphatic imine (C=N–C) groups is 1. The van der Waals surface area contributed by atoms with Gasteiger partial charge in [-0.25, -0.2) is 14.2 Å². The minimum atomic E-state index is -0.430. The third-order valence-electron chi connectivity index (χ3n) is 10.9. The quantitative estimate of drug-likeness (QED) is 0.122. The number of amides is 1. The summed E-state index contributed by atoms with van der Waals surface area (Å²) in [7, 11) is 3.84. The molecule has 0 saturated carbocycles. The number of halogens is 1. The van der Waals surface area contributed by atoms with E-state index in [4.69, 9.17) is 19.2 Å².